The number of hydrogen-bond donors (Lipinski definition) is 2. The van der Waals surface area contributed by atoms with Crippen LogP contribution in [0.15, 0.2) is 11.2 Å². The topological polar surface area (TPSA) is 49.8 Å². The molecule has 1 heterocycles. The van der Waals surface area contributed by atoms with Gasteiger partial charge in [0.1, 0.15) is 11.6 Å². The van der Waals surface area contributed by atoms with Crippen molar-refractivity contribution in [3.05, 3.63) is 6.07 Å². The zero-order valence-electron chi connectivity index (χ0n) is 13.5. The van der Waals surface area contributed by atoms with E-state index in [9.17, 15) is 0 Å². The lowest BCUT2D eigenvalue weighted by Gasteiger charge is -2.27. The average molecular weight is 308 g/mol. The van der Waals surface area contributed by atoms with Crippen LogP contribution in [0.5, 0.6) is 0 Å². The fourth-order valence-electron chi connectivity index (χ4n) is 2.94. The largest absolute Gasteiger partial charge is 0.370 e. The Labute approximate surface area is 132 Å². The third kappa shape index (κ3) is 5.38. The Kier molecular flexibility index (Phi) is 6.61. The molecular formula is C16H28N4S. The normalized spacial score (nSPS) is 22.0. The van der Waals surface area contributed by atoms with Gasteiger partial charge in [0, 0.05) is 19.2 Å². The summed E-state index contributed by atoms with van der Waals surface area (Å²) < 4.78 is 0. The highest BCUT2D eigenvalue weighted by Gasteiger charge is 2.18. The first-order valence-electron chi connectivity index (χ1n) is 8.12. The van der Waals surface area contributed by atoms with Crippen LogP contribution < -0.4 is 10.6 Å². The molecule has 0 spiro atoms. The number of hydrogen-bond acceptors (Lipinski definition) is 5. The van der Waals surface area contributed by atoms with Crippen LogP contribution >= 0.6 is 11.8 Å². The van der Waals surface area contributed by atoms with Crippen molar-refractivity contribution in [1.82, 2.24) is 9.97 Å². The predicted molar refractivity (Wildman–Crippen MR) is 92.2 cm³/mol. The van der Waals surface area contributed by atoms with Crippen LogP contribution in [0.25, 0.3) is 0 Å². The zero-order chi connectivity index (χ0) is 15.1. The molecule has 118 valence electrons. The van der Waals surface area contributed by atoms with Crippen LogP contribution in [0.4, 0.5) is 11.6 Å². The summed E-state index contributed by atoms with van der Waals surface area (Å²) in [5.74, 6) is 3.54. The Morgan fingerprint density at radius 3 is 2.67 bits per heavy atom. The Hall–Kier alpha value is -0.970. The predicted octanol–water partition coefficient (Wildman–Crippen LogP) is 4.26. The molecule has 2 atom stereocenters. The lowest BCUT2D eigenvalue weighted by molar-refractivity contribution is 0.293. The molecule has 1 aromatic heterocycles. The van der Waals surface area contributed by atoms with Gasteiger partial charge in [-0.1, -0.05) is 38.5 Å². The minimum Gasteiger partial charge on any atom is -0.370 e. The molecule has 0 aromatic carbocycles. The Morgan fingerprint density at radius 2 is 2.00 bits per heavy atom. The van der Waals surface area contributed by atoms with Crippen molar-refractivity contribution < 1.29 is 0 Å². The molecule has 5 heteroatoms. The second-order valence-electron chi connectivity index (χ2n) is 6.07. The Morgan fingerprint density at radius 1 is 1.24 bits per heavy atom. The maximum absolute atomic E-state index is 4.56. The third-order valence-corrected chi connectivity index (χ3v) is 4.61. The molecule has 21 heavy (non-hydrogen) atoms. The van der Waals surface area contributed by atoms with Gasteiger partial charge in [-0.3, -0.25) is 0 Å². The first-order valence-corrected chi connectivity index (χ1v) is 9.34. The first kappa shape index (κ1) is 16.4. The van der Waals surface area contributed by atoms with E-state index in [0.717, 1.165) is 48.1 Å². The van der Waals surface area contributed by atoms with Crippen molar-refractivity contribution >= 4 is 23.4 Å². The second kappa shape index (κ2) is 8.47. The second-order valence-corrected chi connectivity index (χ2v) is 6.84. The smallest absolute Gasteiger partial charge is 0.191 e. The molecule has 0 bridgehead atoms. The van der Waals surface area contributed by atoms with Crippen molar-refractivity contribution in [3.63, 3.8) is 0 Å². The van der Waals surface area contributed by atoms with Crippen molar-refractivity contribution in [2.45, 2.75) is 51.1 Å². The van der Waals surface area contributed by atoms with Gasteiger partial charge in [0.15, 0.2) is 5.16 Å². The summed E-state index contributed by atoms with van der Waals surface area (Å²) in [5, 5.41) is 7.70. The van der Waals surface area contributed by atoms with Crippen LogP contribution in [0, 0.1) is 11.8 Å². The minimum atomic E-state index is 0.786. The van der Waals surface area contributed by atoms with Gasteiger partial charge in [-0.15, -0.1) is 0 Å². The van der Waals surface area contributed by atoms with Crippen LogP contribution in [0.2, 0.25) is 0 Å². The summed E-state index contributed by atoms with van der Waals surface area (Å²) >= 11 is 1.59. The van der Waals surface area contributed by atoms with E-state index in [-0.39, 0.29) is 0 Å². The van der Waals surface area contributed by atoms with Gasteiger partial charge in [0.2, 0.25) is 0 Å². The number of nitrogens with zero attached hydrogens (tertiary/aromatic N) is 2. The van der Waals surface area contributed by atoms with E-state index in [4.69, 9.17) is 0 Å². The summed E-state index contributed by atoms with van der Waals surface area (Å²) in [6, 6.07) is 2.03. The summed E-state index contributed by atoms with van der Waals surface area (Å²) in [6.07, 6.45) is 8.57. The molecule has 4 nitrogen and oxygen atoms in total. The van der Waals surface area contributed by atoms with Crippen molar-refractivity contribution in [3.8, 4) is 0 Å². The average Bonchev–Trinajstić information content (AvgIpc) is 2.51. The lowest BCUT2D eigenvalue weighted by atomic mass is 9.82. The summed E-state index contributed by atoms with van der Waals surface area (Å²) in [4.78, 5) is 9.06. The molecule has 0 amide bonds. The number of rotatable bonds is 7. The van der Waals surface area contributed by atoms with E-state index in [2.05, 4.69) is 34.4 Å². The van der Waals surface area contributed by atoms with E-state index in [0.29, 0.717) is 0 Å². The molecule has 0 saturated heterocycles. The van der Waals surface area contributed by atoms with Gasteiger partial charge < -0.3 is 10.6 Å². The van der Waals surface area contributed by atoms with Gasteiger partial charge in [-0.25, -0.2) is 9.97 Å². The van der Waals surface area contributed by atoms with Gasteiger partial charge in [-0.05, 0) is 37.4 Å². The fourth-order valence-corrected chi connectivity index (χ4v) is 3.32. The summed E-state index contributed by atoms with van der Waals surface area (Å²) in [7, 11) is 0. The van der Waals surface area contributed by atoms with Crippen molar-refractivity contribution in [1.29, 1.82) is 0 Å². The lowest BCUT2D eigenvalue weighted by Crippen LogP contribution is -2.21. The molecule has 1 aliphatic rings. The Bertz CT molecular complexity index is 438. The molecule has 1 saturated carbocycles. The molecule has 2 unspecified atom stereocenters. The Balaban J connectivity index is 1.94. The maximum Gasteiger partial charge on any atom is 0.191 e. The summed E-state index contributed by atoms with van der Waals surface area (Å²) in [5.41, 5.74) is 0. The van der Waals surface area contributed by atoms with Gasteiger partial charge >= 0.3 is 0 Å². The molecule has 0 radical (unpaired) electrons. The van der Waals surface area contributed by atoms with E-state index < -0.39 is 0 Å². The van der Waals surface area contributed by atoms with Crippen molar-refractivity contribution in [2.24, 2.45) is 11.8 Å². The maximum atomic E-state index is 4.56. The quantitative estimate of drug-likeness (QED) is 0.582. The molecule has 1 aliphatic carbocycles. The number of nitrogens with one attached hydrogen (secondary N) is 2. The zero-order valence-corrected chi connectivity index (χ0v) is 14.3. The third-order valence-electron chi connectivity index (χ3n) is 4.06. The summed E-state index contributed by atoms with van der Waals surface area (Å²) in [6.45, 7) is 6.51. The highest BCUT2D eigenvalue weighted by molar-refractivity contribution is 7.98. The SMILES string of the molecule is CCCNc1cc(NCC2CCCC(C)C2)nc(SC)n1. The van der Waals surface area contributed by atoms with Crippen LogP contribution in [-0.4, -0.2) is 29.3 Å². The minimum absolute atomic E-state index is 0.786. The van der Waals surface area contributed by atoms with E-state index >= 15 is 0 Å². The van der Waals surface area contributed by atoms with Crippen LogP contribution in [0.1, 0.15) is 46.0 Å². The molecule has 0 aliphatic heterocycles. The molecule has 1 aromatic rings. The van der Waals surface area contributed by atoms with E-state index in [1.54, 1.807) is 11.8 Å². The monoisotopic (exact) mass is 308 g/mol. The standard InChI is InChI=1S/C16H28N4S/c1-4-8-17-14-10-15(20-16(19-14)21-3)18-11-13-7-5-6-12(2)9-13/h10,12-13H,4-9,11H2,1-3H3,(H2,17,18,19,20). The van der Waals surface area contributed by atoms with Gasteiger partial charge in [0.05, 0.1) is 0 Å². The van der Waals surface area contributed by atoms with Crippen molar-refractivity contribution in [2.75, 3.05) is 30.0 Å². The van der Waals surface area contributed by atoms with E-state index in [1.807, 2.05) is 12.3 Å². The van der Waals surface area contributed by atoms with Crippen LogP contribution in [0.3, 0.4) is 0 Å². The van der Waals surface area contributed by atoms with Gasteiger partial charge in [0.25, 0.3) is 0 Å². The molecule has 2 rings (SSSR count). The number of thioether (sulfide) groups is 1. The highest BCUT2D eigenvalue weighted by atomic mass is 32.2. The molecule has 2 N–H and O–H groups in total. The van der Waals surface area contributed by atoms with Gasteiger partial charge in [-0.2, -0.15) is 0 Å². The number of anilines is 2. The molecular weight excluding hydrogens is 280 g/mol. The van der Waals surface area contributed by atoms with E-state index in [1.165, 1.54) is 25.7 Å². The van der Waals surface area contributed by atoms with Crippen LogP contribution in [-0.2, 0) is 0 Å². The highest BCUT2D eigenvalue weighted by Crippen LogP contribution is 2.28. The number of aromatic nitrogens is 2. The first-order chi connectivity index (χ1) is 10.2. The fraction of sp³-hybridized carbons (Fsp3) is 0.750. The molecule has 1 fully saturated rings.